The standard InChI is InChI=1S/C22H13ClF2N4O4.ClH/c23-12-4-2-6-16(18(12)25)29-19(30)11-3-1-5-13(24)17(11)22(29,33)10-7-8-14-15(9-10)27-20(26-14)28-21(31)32;/h1-9,33H,(H,31,32)(H2,26,27,28);1H. The van der Waals surface area contributed by atoms with Gasteiger partial charge in [-0.25, -0.2) is 18.6 Å². The zero-order chi connectivity index (χ0) is 23.5. The molecule has 0 fully saturated rings. The Morgan fingerprint density at radius 3 is 2.62 bits per heavy atom. The van der Waals surface area contributed by atoms with Crippen molar-refractivity contribution in [2.24, 2.45) is 0 Å². The van der Waals surface area contributed by atoms with Gasteiger partial charge in [0.1, 0.15) is 5.82 Å². The Bertz CT molecular complexity index is 1480. The molecule has 1 aliphatic rings. The molecule has 0 bridgehead atoms. The van der Waals surface area contributed by atoms with Crippen LogP contribution in [0, 0.1) is 11.6 Å². The third-order valence-electron chi connectivity index (χ3n) is 5.40. The predicted molar refractivity (Wildman–Crippen MR) is 123 cm³/mol. The Hall–Kier alpha value is -3.73. The second-order valence-corrected chi connectivity index (χ2v) is 7.70. The van der Waals surface area contributed by atoms with E-state index in [1.54, 1.807) is 0 Å². The molecule has 4 N–H and O–H groups in total. The first-order chi connectivity index (χ1) is 15.7. The summed E-state index contributed by atoms with van der Waals surface area (Å²) in [6, 6.07) is 11.9. The monoisotopic (exact) mass is 506 g/mol. The predicted octanol–water partition coefficient (Wildman–Crippen LogP) is 4.86. The van der Waals surface area contributed by atoms with E-state index in [9.17, 15) is 19.1 Å². The van der Waals surface area contributed by atoms with Crippen LogP contribution in [0.5, 0.6) is 0 Å². The van der Waals surface area contributed by atoms with Crippen LogP contribution >= 0.6 is 24.0 Å². The fourth-order valence-corrected chi connectivity index (χ4v) is 4.21. The molecule has 8 nitrogen and oxygen atoms in total. The van der Waals surface area contributed by atoms with Gasteiger partial charge in [0.15, 0.2) is 5.82 Å². The highest BCUT2D eigenvalue weighted by molar-refractivity contribution is 6.31. The normalized spacial score (nSPS) is 16.9. The summed E-state index contributed by atoms with van der Waals surface area (Å²) >= 11 is 5.91. The first kappa shape index (κ1) is 23.4. The summed E-state index contributed by atoms with van der Waals surface area (Å²) in [6.45, 7) is 0. The van der Waals surface area contributed by atoms with Gasteiger partial charge in [0.05, 0.1) is 32.9 Å². The molecule has 0 saturated heterocycles. The van der Waals surface area contributed by atoms with Crippen LogP contribution in [0.4, 0.5) is 25.2 Å². The van der Waals surface area contributed by atoms with Crippen LogP contribution in [0.15, 0.2) is 54.6 Å². The van der Waals surface area contributed by atoms with E-state index >= 15 is 4.39 Å². The average molecular weight is 507 g/mol. The molecule has 5 rings (SSSR count). The Morgan fingerprint density at radius 2 is 1.88 bits per heavy atom. The minimum absolute atomic E-state index is 0. The number of H-pyrrole nitrogens is 1. The van der Waals surface area contributed by atoms with Gasteiger partial charge in [0.25, 0.3) is 5.91 Å². The molecule has 34 heavy (non-hydrogen) atoms. The number of fused-ring (bicyclic) bond motifs is 2. The molecule has 1 aliphatic heterocycles. The number of nitrogens with zero attached hydrogens (tertiary/aromatic N) is 2. The quantitative estimate of drug-likeness (QED) is 0.316. The van der Waals surface area contributed by atoms with Gasteiger partial charge in [0.2, 0.25) is 11.7 Å². The maximum absolute atomic E-state index is 15.0. The smallest absolute Gasteiger partial charge is 0.411 e. The summed E-state index contributed by atoms with van der Waals surface area (Å²) in [5, 5.41) is 22.6. The van der Waals surface area contributed by atoms with Crippen molar-refractivity contribution in [2.45, 2.75) is 5.72 Å². The summed E-state index contributed by atoms with van der Waals surface area (Å²) in [5.74, 6) is -2.74. The van der Waals surface area contributed by atoms with E-state index in [2.05, 4.69) is 15.3 Å². The van der Waals surface area contributed by atoms with Crippen molar-refractivity contribution in [1.29, 1.82) is 0 Å². The zero-order valence-electron chi connectivity index (χ0n) is 16.8. The van der Waals surface area contributed by atoms with E-state index < -0.39 is 29.4 Å². The molecule has 3 aromatic carbocycles. The number of amides is 2. The number of carbonyl (C=O) groups is 2. The number of halogens is 4. The van der Waals surface area contributed by atoms with Gasteiger partial charge in [-0.15, -0.1) is 12.4 Å². The van der Waals surface area contributed by atoms with Crippen molar-refractivity contribution in [3.63, 3.8) is 0 Å². The van der Waals surface area contributed by atoms with Crippen molar-refractivity contribution in [3.05, 3.63) is 87.9 Å². The van der Waals surface area contributed by atoms with Crippen molar-refractivity contribution < 1.29 is 28.6 Å². The number of aromatic nitrogens is 2. The third kappa shape index (κ3) is 3.35. The van der Waals surface area contributed by atoms with Crippen molar-refractivity contribution in [1.82, 2.24) is 9.97 Å². The summed E-state index contributed by atoms with van der Waals surface area (Å²) in [6.07, 6.45) is -1.34. The van der Waals surface area contributed by atoms with Crippen LogP contribution in [0.2, 0.25) is 5.02 Å². The van der Waals surface area contributed by atoms with E-state index in [0.29, 0.717) is 5.52 Å². The molecular formula is C22H14Cl2F2N4O4. The fourth-order valence-electron chi connectivity index (χ4n) is 4.05. The first-order valence-electron chi connectivity index (χ1n) is 9.52. The number of carbonyl (C=O) groups excluding carboxylic acids is 1. The Kier molecular flexibility index (Phi) is 5.68. The molecule has 1 unspecified atom stereocenters. The number of anilines is 2. The van der Waals surface area contributed by atoms with Gasteiger partial charge in [-0.2, -0.15) is 0 Å². The highest BCUT2D eigenvalue weighted by Crippen LogP contribution is 2.47. The summed E-state index contributed by atoms with van der Waals surface area (Å²) in [7, 11) is 0. The Morgan fingerprint density at radius 1 is 1.15 bits per heavy atom. The SMILES string of the molecule is Cl.O=C(O)Nc1nc2ccc(C3(O)c4c(F)cccc4C(=O)N3c3cccc(Cl)c3F)cc2[nH]1. The summed E-state index contributed by atoms with van der Waals surface area (Å²) < 4.78 is 30.0. The minimum Gasteiger partial charge on any atom is -0.465 e. The van der Waals surface area contributed by atoms with Crippen LogP contribution in [0.3, 0.4) is 0 Å². The number of aromatic amines is 1. The van der Waals surface area contributed by atoms with Crippen molar-refractivity contribution in [2.75, 3.05) is 10.2 Å². The molecule has 0 radical (unpaired) electrons. The molecule has 0 aliphatic carbocycles. The molecule has 2 amide bonds. The largest absolute Gasteiger partial charge is 0.465 e. The number of hydrogen-bond acceptors (Lipinski definition) is 4. The van der Waals surface area contributed by atoms with Crippen LogP contribution in [0.1, 0.15) is 21.5 Å². The van der Waals surface area contributed by atoms with E-state index in [4.69, 9.17) is 16.7 Å². The van der Waals surface area contributed by atoms with E-state index in [-0.39, 0.29) is 51.3 Å². The van der Waals surface area contributed by atoms with Crippen LogP contribution in [-0.2, 0) is 5.72 Å². The molecule has 12 heteroatoms. The molecule has 2 heterocycles. The van der Waals surface area contributed by atoms with Crippen molar-refractivity contribution >= 4 is 58.7 Å². The van der Waals surface area contributed by atoms with Gasteiger partial charge in [-0.1, -0.05) is 29.8 Å². The number of nitrogens with one attached hydrogen (secondary N) is 2. The van der Waals surface area contributed by atoms with Gasteiger partial charge < -0.3 is 15.2 Å². The molecule has 174 valence electrons. The Labute approximate surface area is 201 Å². The second-order valence-electron chi connectivity index (χ2n) is 7.30. The lowest BCUT2D eigenvalue weighted by Gasteiger charge is -2.35. The van der Waals surface area contributed by atoms with Crippen molar-refractivity contribution in [3.8, 4) is 0 Å². The third-order valence-corrected chi connectivity index (χ3v) is 5.69. The molecule has 4 aromatic rings. The number of carboxylic acid groups (broad SMARTS) is 1. The van der Waals surface area contributed by atoms with E-state index in [1.807, 2.05) is 0 Å². The molecule has 1 atom stereocenters. The van der Waals surface area contributed by atoms with Crippen LogP contribution in [-0.4, -0.2) is 32.2 Å². The van der Waals surface area contributed by atoms with Gasteiger partial charge in [-0.3, -0.25) is 15.0 Å². The van der Waals surface area contributed by atoms with E-state index in [1.165, 1.54) is 48.5 Å². The highest BCUT2D eigenvalue weighted by Gasteiger charge is 2.53. The summed E-state index contributed by atoms with van der Waals surface area (Å²) in [5.41, 5.74) is -2.64. The fraction of sp³-hybridized carbons (Fsp3) is 0.0455. The zero-order valence-corrected chi connectivity index (χ0v) is 18.4. The maximum atomic E-state index is 15.0. The topological polar surface area (TPSA) is 119 Å². The highest BCUT2D eigenvalue weighted by atomic mass is 35.5. The molecule has 0 spiro atoms. The molecular weight excluding hydrogens is 493 g/mol. The molecule has 1 aromatic heterocycles. The van der Waals surface area contributed by atoms with Gasteiger partial charge in [-0.05, 0) is 36.4 Å². The van der Waals surface area contributed by atoms with Gasteiger partial charge >= 0.3 is 6.09 Å². The van der Waals surface area contributed by atoms with Gasteiger partial charge in [0, 0.05) is 5.56 Å². The lowest BCUT2D eigenvalue weighted by Crippen LogP contribution is -2.45. The number of imidazole rings is 1. The van der Waals surface area contributed by atoms with Crippen LogP contribution < -0.4 is 10.2 Å². The number of rotatable bonds is 3. The van der Waals surface area contributed by atoms with E-state index in [0.717, 1.165) is 11.0 Å². The Balaban J connectivity index is 0.00000274. The minimum atomic E-state index is -2.44. The number of benzene rings is 3. The molecule has 0 saturated carbocycles. The lowest BCUT2D eigenvalue weighted by molar-refractivity contribution is 0.0681. The van der Waals surface area contributed by atoms with Crippen LogP contribution in [0.25, 0.3) is 11.0 Å². The first-order valence-corrected chi connectivity index (χ1v) is 9.89. The maximum Gasteiger partial charge on any atom is 0.411 e. The lowest BCUT2D eigenvalue weighted by atomic mass is 9.92. The number of hydrogen-bond donors (Lipinski definition) is 4. The summed E-state index contributed by atoms with van der Waals surface area (Å²) in [4.78, 5) is 31.7. The number of aliphatic hydroxyl groups is 1. The second kappa shape index (κ2) is 8.24. The average Bonchev–Trinajstić information content (AvgIpc) is 3.26.